The smallest absolute Gasteiger partial charge is 0.434 e. The predicted octanol–water partition coefficient (Wildman–Crippen LogP) is 7.82. The number of hydrogen-bond acceptors (Lipinski definition) is 6. The molecule has 3 atom stereocenters. The van der Waals surface area contributed by atoms with Gasteiger partial charge in [-0.15, -0.1) is 0 Å². The Bertz CT molecular complexity index is 493. The van der Waals surface area contributed by atoms with Gasteiger partial charge in [-0.25, -0.2) is 9.59 Å². The number of unbranched alkanes of at least 4 members (excludes halogenated alkanes) is 4. The van der Waals surface area contributed by atoms with E-state index in [1.54, 1.807) is 0 Å². The highest BCUT2D eigenvalue weighted by Gasteiger charge is 2.28. The van der Waals surface area contributed by atoms with Gasteiger partial charge in [0.1, 0.15) is 12.2 Å². The molecule has 0 aromatic rings. The van der Waals surface area contributed by atoms with Crippen LogP contribution in [0.4, 0.5) is 9.59 Å². The van der Waals surface area contributed by atoms with Gasteiger partial charge in [-0.2, -0.15) is 0 Å². The van der Waals surface area contributed by atoms with Crippen LogP contribution in [-0.4, -0.2) is 37.7 Å². The van der Waals surface area contributed by atoms with Crippen LogP contribution < -0.4 is 0 Å². The van der Waals surface area contributed by atoms with Crippen molar-refractivity contribution in [2.24, 2.45) is 11.8 Å². The minimum absolute atomic E-state index is 0.267. The van der Waals surface area contributed by atoms with E-state index in [0.29, 0.717) is 31.5 Å². The van der Waals surface area contributed by atoms with Gasteiger partial charge in [-0.3, -0.25) is 0 Å². The van der Waals surface area contributed by atoms with Crippen molar-refractivity contribution in [1.82, 2.24) is 0 Å². The Morgan fingerprint density at radius 3 is 2.06 bits per heavy atom. The third-order valence-electron chi connectivity index (χ3n) is 6.10. The summed E-state index contributed by atoms with van der Waals surface area (Å²) in [4.78, 5) is 24.1. The zero-order valence-electron chi connectivity index (χ0n) is 21.1. The summed E-state index contributed by atoms with van der Waals surface area (Å²) in [6, 6.07) is 0. The highest BCUT2D eigenvalue weighted by Crippen LogP contribution is 2.25. The summed E-state index contributed by atoms with van der Waals surface area (Å²) in [6.45, 7) is 9.60. The second kappa shape index (κ2) is 18.0. The molecule has 1 saturated carbocycles. The topological polar surface area (TPSA) is 71.1 Å². The van der Waals surface area contributed by atoms with Crippen molar-refractivity contribution >= 4 is 12.3 Å². The van der Waals surface area contributed by atoms with E-state index in [0.717, 1.165) is 57.8 Å². The zero-order chi connectivity index (χ0) is 23.6. The predicted molar refractivity (Wildman–Crippen MR) is 127 cm³/mol. The molecule has 1 rings (SSSR count). The number of hydrogen-bond donors (Lipinski definition) is 0. The average molecular weight is 457 g/mol. The molecule has 0 heterocycles. The first kappa shape index (κ1) is 28.6. The molecule has 1 fully saturated rings. The van der Waals surface area contributed by atoms with Gasteiger partial charge in [-0.05, 0) is 50.4 Å². The molecular formula is C26H48O6. The number of carbonyl (C=O) groups is 2. The summed E-state index contributed by atoms with van der Waals surface area (Å²) in [5.41, 5.74) is 0. The van der Waals surface area contributed by atoms with E-state index < -0.39 is 12.3 Å². The lowest BCUT2D eigenvalue weighted by molar-refractivity contribution is -0.0375. The van der Waals surface area contributed by atoms with Crippen LogP contribution >= 0.6 is 0 Å². The van der Waals surface area contributed by atoms with E-state index in [1.807, 2.05) is 0 Å². The molecule has 6 nitrogen and oxygen atoms in total. The van der Waals surface area contributed by atoms with Gasteiger partial charge in [0.05, 0.1) is 13.2 Å². The van der Waals surface area contributed by atoms with Crippen molar-refractivity contribution in [3.8, 4) is 0 Å². The van der Waals surface area contributed by atoms with Crippen LogP contribution in [0, 0.1) is 11.8 Å². The molecule has 0 bridgehead atoms. The fourth-order valence-electron chi connectivity index (χ4n) is 4.23. The second-order valence-electron chi connectivity index (χ2n) is 9.70. The monoisotopic (exact) mass is 456 g/mol. The molecule has 6 heteroatoms. The molecule has 0 N–H and O–H groups in total. The lowest BCUT2D eigenvalue weighted by atomic mass is 9.95. The molecule has 188 valence electrons. The average Bonchev–Trinajstić information content (AvgIpc) is 2.74. The maximum atomic E-state index is 12.2. The van der Waals surface area contributed by atoms with E-state index in [-0.39, 0.29) is 12.2 Å². The first-order valence-corrected chi connectivity index (χ1v) is 13.1. The van der Waals surface area contributed by atoms with Crippen molar-refractivity contribution in [3.63, 3.8) is 0 Å². The normalized spacial score (nSPS) is 19.4. The van der Waals surface area contributed by atoms with Crippen molar-refractivity contribution < 1.29 is 28.5 Å². The molecular weight excluding hydrogens is 408 g/mol. The molecule has 0 aromatic carbocycles. The van der Waals surface area contributed by atoms with E-state index in [9.17, 15) is 9.59 Å². The minimum atomic E-state index is -0.614. The zero-order valence-corrected chi connectivity index (χ0v) is 21.1. The molecule has 0 radical (unpaired) electrons. The lowest BCUT2D eigenvalue weighted by Gasteiger charge is -2.28. The van der Waals surface area contributed by atoms with Crippen molar-refractivity contribution in [2.45, 2.75) is 130 Å². The fourth-order valence-corrected chi connectivity index (χ4v) is 4.23. The standard InChI is InChI=1S/C26H48O6/c1-5-7-9-15-22(13-6-2)20-30-26(28)32-24-17-12-16-23(19-24)31-25(27)29-18-11-8-10-14-21(3)4/h21-24H,5-20H2,1-4H3. The third-order valence-corrected chi connectivity index (χ3v) is 6.10. The van der Waals surface area contributed by atoms with E-state index in [1.165, 1.54) is 25.7 Å². The lowest BCUT2D eigenvalue weighted by Crippen LogP contribution is -2.32. The molecule has 0 saturated heterocycles. The van der Waals surface area contributed by atoms with Crippen LogP contribution in [0.25, 0.3) is 0 Å². The van der Waals surface area contributed by atoms with E-state index >= 15 is 0 Å². The maximum absolute atomic E-state index is 12.2. The molecule has 1 aliphatic carbocycles. The molecule has 0 amide bonds. The quantitative estimate of drug-likeness (QED) is 0.174. The molecule has 3 unspecified atom stereocenters. The summed E-state index contributed by atoms with van der Waals surface area (Å²) in [5.74, 6) is 1.12. The first-order chi connectivity index (χ1) is 15.4. The molecule has 0 aromatic heterocycles. The van der Waals surface area contributed by atoms with E-state index in [4.69, 9.17) is 18.9 Å². The van der Waals surface area contributed by atoms with Crippen LogP contribution in [0.3, 0.4) is 0 Å². The molecule has 32 heavy (non-hydrogen) atoms. The van der Waals surface area contributed by atoms with Gasteiger partial charge in [0, 0.05) is 6.42 Å². The van der Waals surface area contributed by atoms with Gasteiger partial charge in [0.25, 0.3) is 0 Å². The Morgan fingerprint density at radius 1 is 0.781 bits per heavy atom. The van der Waals surface area contributed by atoms with Gasteiger partial charge < -0.3 is 18.9 Å². The Labute approximate surface area is 196 Å². The third kappa shape index (κ3) is 14.6. The van der Waals surface area contributed by atoms with Crippen LogP contribution in [0.1, 0.15) is 118 Å². The number of carbonyl (C=O) groups excluding carboxylic acids is 2. The summed E-state index contributed by atoms with van der Waals surface area (Å²) in [6.07, 6.45) is 12.3. The van der Waals surface area contributed by atoms with Crippen LogP contribution in [0.5, 0.6) is 0 Å². The van der Waals surface area contributed by atoms with Gasteiger partial charge in [0.15, 0.2) is 0 Å². The van der Waals surface area contributed by atoms with Gasteiger partial charge in [-0.1, -0.05) is 72.6 Å². The largest absolute Gasteiger partial charge is 0.508 e. The van der Waals surface area contributed by atoms with Crippen LogP contribution in [0.2, 0.25) is 0 Å². The van der Waals surface area contributed by atoms with Crippen LogP contribution in [0.15, 0.2) is 0 Å². The Balaban J connectivity index is 2.22. The Hall–Kier alpha value is -1.46. The summed E-state index contributed by atoms with van der Waals surface area (Å²) in [5, 5.41) is 0. The highest BCUT2D eigenvalue weighted by molar-refractivity contribution is 5.60. The van der Waals surface area contributed by atoms with Crippen molar-refractivity contribution in [1.29, 1.82) is 0 Å². The van der Waals surface area contributed by atoms with Crippen molar-refractivity contribution in [3.05, 3.63) is 0 Å². The number of ether oxygens (including phenoxy) is 4. The SMILES string of the molecule is CCCCCC(CCC)COC(=O)OC1CCCC(OC(=O)OCCCCCC(C)C)C1. The van der Waals surface area contributed by atoms with Crippen LogP contribution in [-0.2, 0) is 18.9 Å². The van der Waals surface area contributed by atoms with Crippen molar-refractivity contribution in [2.75, 3.05) is 13.2 Å². The molecule has 1 aliphatic rings. The summed E-state index contributed by atoms with van der Waals surface area (Å²) < 4.78 is 21.6. The Kier molecular flexibility index (Phi) is 16.1. The summed E-state index contributed by atoms with van der Waals surface area (Å²) in [7, 11) is 0. The van der Waals surface area contributed by atoms with E-state index in [2.05, 4.69) is 27.7 Å². The fraction of sp³-hybridized carbons (Fsp3) is 0.923. The highest BCUT2D eigenvalue weighted by atomic mass is 16.7. The van der Waals surface area contributed by atoms with Gasteiger partial charge in [0.2, 0.25) is 0 Å². The Morgan fingerprint density at radius 2 is 1.44 bits per heavy atom. The molecule has 0 spiro atoms. The summed E-state index contributed by atoms with van der Waals surface area (Å²) >= 11 is 0. The molecule has 0 aliphatic heterocycles. The second-order valence-corrected chi connectivity index (χ2v) is 9.70. The van der Waals surface area contributed by atoms with Gasteiger partial charge >= 0.3 is 12.3 Å². The first-order valence-electron chi connectivity index (χ1n) is 13.1. The maximum Gasteiger partial charge on any atom is 0.508 e. The number of rotatable bonds is 16. The minimum Gasteiger partial charge on any atom is -0.434 e.